The van der Waals surface area contributed by atoms with Crippen molar-refractivity contribution in [3.05, 3.63) is 45.8 Å². The summed E-state index contributed by atoms with van der Waals surface area (Å²) >= 11 is 0.920. The molecule has 0 aliphatic carbocycles. The Labute approximate surface area is 181 Å². The maximum atomic E-state index is 12.6. The lowest BCUT2D eigenvalue weighted by Gasteiger charge is -2.21. The molecule has 0 spiro atoms. The fourth-order valence-corrected chi connectivity index (χ4v) is 5.29. The van der Waals surface area contributed by atoms with Crippen LogP contribution in [0, 0.1) is 11.3 Å². The van der Waals surface area contributed by atoms with Gasteiger partial charge in [-0.15, -0.1) is 11.3 Å². The second-order valence-corrected chi connectivity index (χ2v) is 11.0. The molecule has 7 nitrogen and oxygen atoms in total. The van der Waals surface area contributed by atoms with Crippen LogP contribution in [0.5, 0.6) is 0 Å². The van der Waals surface area contributed by atoms with Crippen molar-refractivity contribution in [2.75, 3.05) is 5.32 Å². The van der Waals surface area contributed by atoms with E-state index < -0.39 is 21.7 Å². The van der Waals surface area contributed by atoms with E-state index in [4.69, 9.17) is 0 Å². The summed E-state index contributed by atoms with van der Waals surface area (Å²) in [4.78, 5) is 12.6. The smallest absolute Gasteiger partial charge is 0.333 e. The molecule has 0 atom stereocenters. The molecule has 1 aromatic carbocycles. The Balaban J connectivity index is 2.38. The minimum Gasteiger partial charge on any atom is -0.386 e. The summed E-state index contributed by atoms with van der Waals surface area (Å²) in [7, 11) is -4.12. The predicted molar refractivity (Wildman–Crippen MR) is 118 cm³/mol. The number of urea groups is 1. The summed E-state index contributed by atoms with van der Waals surface area (Å²) < 4.78 is 27.2. The van der Waals surface area contributed by atoms with E-state index in [1.54, 1.807) is 26.0 Å². The SMILES string of the molecule is CC(C)c1ccc(C#N)c(C(C)C)c1NC(=O)NS(=O)(=O)c1cc(C(C)(C)O)cs1. The molecule has 1 aromatic heterocycles. The first-order valence-electron chi connectivity index (χ1n) is 9.50. The molecule has 0 saturated heterocycles. The van der Waals surface area contributed by atoms with Crippen LogP contribution in [-0.4, -0.2) is 19.6 Å². The summed E-state index contributed by atoms with van der Waals surface area (Å²) in [5.74, 6) is -0.00862. The van der Waals surface area contributed by atoms with Crippen LogP contribution in [0.1, 0.15) is 75.6 Å². The number of amides is 2. The fourth-order valence-electron chi connectivity index (χ4n) is 3.04. The maximum Gasteiger partial charge on any atom is 0.333 e. The molecule has 2 rings (SSSR count). The van der Waals surface area contributed by atoms with E-state index in [1.807, 2.05) is 32.4 Å². The summed E-state index contributed by atoms with van der Waals surface area (Å²) in [5.41, 5.74) is 1.61. The Kier molecular flexibility index (Phi) is 6.97. The average molecular weight is 450 g/mol. The number of anilines is 1. The lowest BCUT2D eigenvalue weighted by atomic mass is 9.89. The van der Waals surface area contributed by atoms with Gasteiger partial charge in [0.15, 0.2) is 0 Å². The number of benzene rings is 1. The Morgan fingerprint density at radius 2 is 1.83 bits per heavy atom. The molecule has 3 N–H and O–H groups in total. The molecular formula is C21H27N3O4S2. The van der Waals surface area contributed by atoms with Gasteiger partial charge in [0, 0.05) is 0 Å². The number of carbonyl (C=O) groups is 1. The molecule has 0 aliphatic heterocycles. The number of hydrogen-bond donors (Lipinski definition) is 3. The molecule has 0 fully saturated rings. The molecule has 2 amide bonds. The summed E-state index contributed by atoms with van der Waals surface area (Å²) in [6.07, 6.45) is 0. The van der Waals surface area contributed by atoms with E-state index in [9.17, 15) is 23.6 Å². The standard InChI is InChI=1S/C21H27N3O4S2/c1-12(2)16-8-7-14(10-22)18(13(3)4)19(16)23-20(25)24-30(27,28)17-9-15(11-29-17)21(5,6)26/h7-9,11-13,26H,1-6H3,(H2,23,24,25). The minimum absolute atomic E-state index is 0.0498. The Morgan fingerprint density at radius 3 is 2.30 bits per heavy atom. The average Bonchev–Trinajstić information content (AvgIpc) is 3.11. The van der Waals surface area contributed by atoms with E-state index in [-0.39, 0.29) is 16.0 Å². The molecule has 1 heterocycles. The van der Waals surface area contributed by atoms with Crippen LogP contribution in [0.3, 0.4) is 0 Å². The molecule has 0 aliphatic rings. The monoisotopic (exact) mass is 449 g/mol. The van der Waals surface area contributed by atoms with Gasteiger partial charge in [-0.05, 0) is 59.9 Å². The predicted octanol–water partition coefficient (Wildman–Crippen LogP) is 4.60. The van der Waals surface area contributed by atoms with E-state index in [2.05, 4.69) is 11.4 Å². The molecular weight excluding hydrogens is 422 g/mol. The Bertz CT molecular complexity index is 1090. The van der Waals surface area contributed by atoms with Crippen molar-refractivity contribution in [1.29, 1.82) is 5.26 Å². The highest BCUT2D eigenvalue weighted by Gasteiger charge is 2.26. The molecule has 30 heavy (non-hydrogen) atoms. The number of thiophene rings is 1. The minimum atomic E-state index is -4.12. The third kappa shape index (κ3) is 5.19. The zero-order valence-electron chi connectivity index (χ0n) is 17.9. The second-order valence-electron chi connectivity index (χ2n) is 8.19. The highest BCUT2D eigenvalue weighted by atomic mass is 32.2. The van der Waals surface area contributed by atoms with Crippen molar-refractivity contribution < 1.29 is 18.3 Å². The van der Waals surface area contributed by atoms with Gasteiger partial charge in [-0.3, -0.25) is 0 Å². The quantitative estimate of drug-likeness (QED) is 0.595. The van der Waals surface area contributed by atoms with Crippen LogP contribution in [-0.2, 0) is 15.6 Å². The number of rotatable bonds is 6. The van der Waals surface area contributed by atoms with Gasteiger partial charge >= 0.3 is 6.03 Å². The zero-order chi connectivity index (χ0) is 22.9. The van der Waals surface area contributed by atoms with Crippen molar-refractivity contribution in [1.82, 2.24) is 4.72 Å². The van der Waals surface area contributed by atoms with Gasteiger partial charge in [0.2, 0.25) is 0 Å². The van der Waals surface area contributed by atoms with Crippen LogP contribution < -0.4 is 10.0 Å². The van der Waals surface area contributed by atoms with Gasteiger partial charge in [0.1, 0.15) is 4.21 Å². The highest BCUT2D eigenvalue weighted by Crippen LogP contribution is 2.35. The van der Waals surface area contributed by atoms with E-state index in [0.29, 0.717) is 22.4 Å². The van der Waals surface area contributed by atoms with Crippen molar-refractivity contribution in [2.24, 2.45) is 0 Å². The third-order valence-corrected chi connectivity index (χ3v) is 7.38. The summed E-state index contributed by atoms with van der Waals surface area (Å²) in [6, 6.07) is 6.06. The van der Waals surface area contributed by atoms with Crippen LogP contribution in [0.2, 0.25) is 0 Å². The molecule has 0 unspecified atom stereocenters. The zero-order valence-corrected chi connectivity index (χ0v) is 19.5. The largest absolute Gasteiger partial charge is 0.386 e. The number of nitrogens with zero attached hydrogens (tertiary/aromatic N) is 1. The topological polar surface area (TPSA) is 119 Å². The van der Waals surface area contributed by atoms with Gasteiger partial charge in [0.05, 0.1) is 22.9 Å². The van der Waals surface area contributed by atoms with Crippen molar-refractivity contribution in [2.45, 2.75) is 63.2 Å². The van der Waals surface area contributed by atoms with Gasteiger partial charge in [-0.2, -0.15) is 5.26 Å². The van der Waals surface area contributed by atoms with Gasteiger partial charge < -0.3 is 10.4 Å². The normalized spacial score (nSPS) is 12.1. The number of hydrogen-bond acceptors (Lipinski definition) is 6. The first-order valence-corrected chi connectivity index (χ1v) is 11.9. The van der Waals surface area contributed by atoms with Gasteiger partial charge in [0.25, 0.3) is 10.0 Å². The molecule has 2 aromatic rings. The van der Waals surface area contributed by atoms with Crippen LogP contribution >= 0.6 is 11.3 Å². The summed E-state index contributed by atoms with van der Waals surface area (Å²) in [6.45, 7) is 10.8. The van der Waals surface area contributed by atoms with Crippen molar-refractivity contribution in [3.8, 4) is 6.07 Å². The van der Waals surface area contributed by atoms with Crippen LogP contribution in [0.25, 0.3) is 0 Å². The number of aliphatic hydroxyl groups is 1. The van der Waals surface area contributed by atoms with Crippen LogP contribution in [0.15, 0.2) is 27.8 Å². The van der Waals surface area contributed by atoms with Crippen molar-refractivity contribution >= 4 is 33.1 Å². The number of sulfonamides is 1. The fraction of sp³-hybridized carbons (Fsp3) is 0.429. The molecule has 9 heteroatoms. The highest BCUT2D eigenvalue weighted by molar-refractivity contribution is 7.92. The van der Waals surface area contributed by atoms with E-state index in [0.717, 1.165) is 16.9 Å². The first-order chi connectivity index (χ1) is 13.8. The first kappa shape index (κ1) is 23.9. The van der Waals surface area contributed by atoms with E-state index >= 15 is 0 Å². The summed E-state index contributed by atoms with van der Waals surface area (Å²) in [5, 5.41) is 23.7. The molecule has 0 radical (unpaired) electrons. The van der Waals surface area contributed by atoms with Gasteiger partial charge in [-0.25, -0.2) is 17.9 Å². The van der Waals surface area contributed by atoms with E-state index in [1.165, 1.54) is 11.4 Å². The molecule has 162 valence electrons. The van der Waals surface area contributed by atoms with Crippen LogP contribution in [0.4, 0.5) is 10.5 Å². The Hall–Kier alpha value is -2.41. The van der Waals surface area contributed by atoms with Gasteiger partial charge in [-0.1, -0.05) is 33.8 Å². The number of nitriles is 1. The second kappa shape index (κ2) is 8.76. The number of nitrogens with one attached hydrogen (secondary N) is 2. The lowest BCUT2D eigenvalue weighted by Crippen LogP contribution is -2.34. The molecule has 0 saturated carbocycles. The van der Waals surface area contributed by atoms with Crippen molar-refractivity contribution in [3.63, 3.8) is 0 Å². The third-order valence-electron chi connectivity index (χ3n) is 4.61. The molecule has 0 bridgehead atoms. The lowest BCUT2D eigenvalue weighted by molar-refractivity contribution is 0.0789. The maximum absolute atomic E-state index is 12.6. The number of carbonyl (C=O) groups excluding carboxylic acids is 1. The Morgan fingerprint density at radius 1 is 1.20 bits per heavy atom.